The number of fused-ring (bicyclic) bond motifs is 1. The van der Waals surface area contributed by atoms with Crippen molar-refractivity contribution in [1.29, 1.82) is 0 Å². The van der Waals surface area contributed by atoms with Crippen molar-refractivity contribution in [2.75, 3.05) is 5.75 Å². The van der Waals surface area contributed by atoms with Crippen LogP contribution in [0.5, 0.6) is 0 Å². The second-order valence-corrected chi connectivity index (χ2v) is 7.38. The molecule has 7 heteroatoms. The number of rotatable bonds is 5. The van der Waals surface area contributed by atoms with Gasteiger partial charge in [-0.05, 0) is 46.4 Å². The topological polar surface area (TPSA) is 78.0 Å². The fourth-order valence-corrected chi connectivity index (χ4v) is 3.55. The molecule has 0 spiro atoms. The van der Waals surface area contributed by atoms with Crippen LogP contribution in [0.4, 0.5) is 0 Å². The first-order chi connectivity index (χ1) is 11.5. The van der Waals surface area contributed by atoms with Crippen LogP contribution in [-0.4, -0.2) is 21.2 Å². The van der Waals surface area contributed by atoms with Crippen LogP contribution in [0.25, 0.3) is 10.9 Å². The summed E-state index contributed by atoms with van der Waals surface area (Å²) in [5.74, 6) is -0.361. The molecule has 2 aromatic carbocycles. The summed E-state index contributed by atoms with van der Waals surface area (Å²) in [4.78, 5) is 28.6. The van der Waals surface area contributed by atoms with Gasteiger partial charge in [-0.25, -0.2) is 4.98 Å². The number of halogens is 1. The van der Waals surface area contributed by atoms with E-state index in [1.165, 1.54) is 11.8 Å². The Hall–Kier alpha value is -1.87. The fraction of sp³-hybridized carbons (Fsp3) is 0.118. The van der Waals surface area contributed by atoms with Crippen molar-refractivity contribution < 1.29 is 4.79 Å². The number of benzene rings is 2. The van der Waals surface area contributed by atoms with Gasteiger partial charge in [-0.1, -0.05) is 42.1 Å². The lowest BCUT2D eigenvalue weighted by Crippen LogP contribution is -2.25. The van der Waals surface area contributed by atoms with E-state index in [0.717, 1.165) is 9.13 Å². The van der Waals surface area contributed by atoms with E-state index in [1.807, 2.05) is 48.5 Å². The highest BCUT2D eigenvalue weighted by molar-refractivity contribution is 14.1. The number of hydrogen-bond donors (Lipinski definition) is 1. The van der Waals surface area contributed by atoms with E-state index >= 15 is 0 Å². The molecule has 2 N–H and O–H groups in total. The number of nitrogens with two attached hydrogens (primary N) is 1. The van der Waals surface area contributed by atoms with Gasteiger partial charge in [0.2, 0.25) is 5.91 Å². The quantitative estimate of drug-likeness (QED) is 0.368. The summed E-state index contributed by atoms with van der Waals surface area (Å²) in [7, 11) is 0. The predicted octanol–water partition coefficient (Wildman–Crippen LogP) is 2.63. The molecule has 24 heavy (non-hydrogen) atoms. The van der Waals surface area contributed by atoms with Gasteiger partial charge in [0.05, 0.1) is 23.2 Å². The first-order valence-corrected chi connectivity index (χ1v) is 9.26. The Bertz CT molecular complexity index is 957. The van der Waals surface area contributed by atoms with Crippen LogP contribution in [-0.2, 0) is 11.3 Å². The maximum atomic E-state index is 12.9. The molecule has 0 aliphatic carbocycles. The normalized spacial score (nSPS) is 10.9. The number of hydrogen-bond acceptors (Lipinski definition) is 4. The Labute approximate surface area is 156 Å². The van der Waals surface area contributed by atoms with Crippen LogP contribution in [0.3, 0.4) is 0 Å². The van der Waals surface area contributed by atoms with Crippen LogP contribution in [0, 0.1) is 3.57 Å². The van der Waals surface area contributed by atoms with E-state index in [-0.39, 0.29) is 11.3 Å². The van der Waals surface area contributed by atoms with Gasteiger partial charge in [0.1, 0.15) is 0 Å². The van der Waals surface area contributed by atoms with Crippen LogP contribution in [0.15, 0.2) is 58.5 Å². The lowest BCUT2D eigenvalue weighted by Gasteiger charge is -2.13. The standard InChI is InChI=1S/C17H14IN3O2S/c18-12-6-7-14-13(8-12)16(23)21(9-11-4-2-1-3-5-11)17(20-14)24-10-15(19)22/h1-8H,9-10H2,(H2,19,22). The van der Waals surface area contributed by atoms with Crippen LogP contribution in [0.1, 0.15) is 5.56 Å². The summed E-state index contributed by atoms with van der Waals surface area (Å²) < 4.78 is 2.57. The second-order valence-electron chi connectivity index (χ2n) is 5.19. The summed E-state index contributed by atoms with van der Waals surface area (Å²) in [6.07, 6.45) is 0. The Balaban J connectivity index is 2.14. The smallest absolute Gasteiger partial charge is 0.262 e. The molecule has 122 valence electrons. The molecule has 0 unspecified atom stereocenters. The third kappa shape index (κ3) is 3.78. The number of thioether (sulfide) groups is 1. The molecule has 5 nitrogen and oxygen atoms in total. The molecule has 0 fully saturated rings. The second kappa shape index (κ2) is 7.35. The predicted molar refractivity (Wildman–Crippen MR) is 104 cm³/mol. The third-order valence-corrected chi connectivity index (χ3v) is 5.08. The molecule has 1 amide bonds. The van der Waals surface area contributed by atoms with Crippen molar-refractivity contribution in [2.45, 2.75) is 11.7 Å². The van der Waals surface area contributed by atoms with Crippen molar-refractivity contribution >= 4 is 51.2 Å². The molecule has 0 radical (unpaired) electrons. The van der Waals surface area contributed by atoms with Gasteiger partial charge in [-0.15, -0.1) is 0 Å². The number of carbonyl (C=O) groups excluding carboxylic acids is 1. The average molecular weight is 451 g/mol. The van der Waals surface area contributed by atoms with Crippen LogP contribution < -0.4 is 11.3 Å². The van der Waals surface area contributed by atoms with Gasteiger partial charge in [0.15, 0.2) is 5.16 Å². The highest BCUT2D eigenvalue weighted by atomic mass is 127. The molecule has 1 heterocycles. The summed E-state index contributed by atoms with van der Waals surface area (Å²) in [6, 6.07) is 15.2. The van der Waals surface area contributed by atoms with Gasteiger partial charge in [0, 0.05) is 3.57 Å². The van der Waals surface area contributed by atoms with Gasteiger partial charge >= 0.3 is 0 Å². The summed E-state index contributed by atoms with van der Waals surface area (Å²) in [5.41, 5.74) is 6.74. The average Bonchev–Trinajstić information content (AvgIpc) is 2.57. The minimum Gasteiger partial charge on any atom is -0.369 e. The third-order valence-electron chi connectivity index (χ3n) is 3.41. The van der Waals surface area contributed by atoms with Gasteiger partial charge in [-0.2, -0.15) is 0 Å². The molecule has 0 bridgehead atoms. The van der Waals surface area contributed by atoms with Crippen molar-refractivity contribution in [3.8, 4) is 0 Å². The summed E-state index contributed by atoms with van der Waals surface area (Å²) >= 11 is 3.35. The lowest BCUT2D eigenvalue weighted by atomic mass is 10.2. The SMILES string of the molecule is NC(=O)CSc1nc2ccc(I)cc2c(=O)n1Cc1ccccc1. The molecule has 0 aliphatic rings. The van der Waals surface area contributed by atoms with Gasteiger partial charge in [-0.3, -0.25) is 14.2 Å². The maximum absolute atomic E-state index is 12.9. The highest BCUT2D eigenvalue weighted by Crippen LogP contribution is 2.20. The van der Waals surface area contributed by atoms with E-state index in [1.54, 1.807) is 4.57 Å². The minimum absolute atomic E-state index is 0.0805. The Morgan fingerprint density at radius 3 is 2.67 bits per heavy atom. The Morgan fingerprint density at radius 2 is 1.96 bits per heavy atom. The zero-order valence-corrected chi connectivity index (χ0v) is 15.6. The Morgan fingerprint density at radius 1 is 1.21 bits per heavy atom. The first kappa shape index (κ1) is 17.0. The maximum Gasteiger partial charge on any atom is 0.262 e. The van der Waals surface area contributed by atoms with Crippen molar-refractivity contribution in [2.24, 2.45) is 5.73 Å². The van der Waals surface area contributed by atoms with Gasteiger partial charge < -0.3 is 5.73 Å². The van der Waals surface area contributed by atoms with Crippen molar-refractivity contribution in [1.82, 2.24) is 9.55 Å². The number of primary amides is 1. The molecule has 3 rings (SSSR count). The molecule has 0 aliphatic heterocycles. The first-order valence-electron chi connectivity index (χ1n) is 7.20. The Kier molecular flexibility index (Phi) is 5.20. The van der Waals surface area contributed by atoms with Crippen LogP contribution in [0.2, 0.25) is 0 Å². The molecular formula is C17H14IN3O2S. The number of nitrogens with zero attached hydrogens (tertiary/aromatic N) is 2. The number of carbonyl (C=O) groups is 1. The zero-order valence-electron chi connectivity index (χ0n) is 12.6. The molecule has 0 atom stereocenters. The zero-order chi connectivity index (χ0) is 17.1. The molecule has 3 aromatic rings. The highest BCUT2D eigenvalue weighted by Gasteiger charge is 2.13. The van der Waals surface area contributed by atoms with Crippen LogP contribution >= 0.6 is 34.4 Å². The van der Waals surface area contributed by atoms with E-state index in [9.17, 15) is 9.59 Å². The van der Waals surface area contributed by atoms with Crippen molar-refractivity contribution in [3.05, 3.63) is 68.0 Å². The summed E-state index contributed by atoms with van der Waals surface area (Å²) in [5, 5.41) is 1.07. The van der Waals surface area contributed by atoms with E-state index < -0.39 is 5.91 Å². The van der Waals surface area contributed by atoms with E-state index in [2.05, 4.69) is 27.6 Å². The fourth-order valence-electron chi connectivity index (χ4n) is 2.32. The number of amides is 1. The van der Waals surface area contributed by atoms with Crippen molar-refractivity contribution in [3.63, 3.8) is 0 Å². The molecule has 1 aromatic heterocycles. The summed E-state index contributed by atoms with van der Waals surface area (Å²) in [6.45, 7) is 0.398. The molecule has 0 saturated carbocycles. The number of aromatic nitrogens is 2. The van der Waals surface area contributed by atoms with Gasteiger partial charge in [0.25, 0.3) is 5.56 Å². The van der Waals surface area contributed by atoms with E-state index in [4.69, 9.17) is 5.73 Å². The minimum atomic E-state index is -0.441. The van der Waals surface area contributed by atoms with E-state index in [0.29, 0.717) is 22.6 Å². The largest absolute Gasteiger partial charge is 0.369 e. The molecular weight excluding hydrogens is 437 g/mol. The lowest BCUT2D eigenvalue weighted by molar-refractivity contribution is -0.115. The molecule has 0 saturated heterocycles. The monoisotopic (exact) mass is 451 g/mol.